The molecule has 0 saturated carbocycles. The van der Waals surface area contributed by atoms with Gasteiger partial charge >= 0.3 is 5.82 Å². The Balaban J connectivity index is 3.43. The molecule has 1 aromatic rings. The molecule has 86 valence electrons. The van der Waals surface area contributed by atoms with Crippen molar-refractivity contribution >= 4 is 11.5 Å². The van der Waals surface area contributed by atoms with E-state index in [1.807, 2.05) is 0 Å². The van der Waals surface area contributed by atoms with Crippen LogP contribution in [0.5, 0.6) is 0 Å². The molecule has 1 aromatic heterocycles. The standard InChI is InChI=1S/C7H8N4O5/c1-5-6(10(13)14)3-4-9(12)7(5)8(2)11(15)16/h3-4H,1-2H3. The van der Waals surface area contributed by atoms with Gasteiger partial charge in [0.05, 0.1) is 11.0 Å². The van der Waals surface area contributed by atoms with Crippen LogP contribution in [0, 0.1) is 32.4 Å². The van der Waals surface area contributed by atoms with Gasteiger partial charge in [0.1, 0.15) is 18.8 Å². The number of hydrogen-bond acceptors (Lipinski definition) is 5. The number of nitro groups is 2. The van der Waals surface area contributed by atoms with Crippen LogP contribution in [-0.4, -0.2) is 17.0 Å². The van der Waals surface area contributed by atoms with Gasteiger partial charge in [0.2, 0.25) is 5.03 Å². The monoisotopic (exact) mass is 228 g/mol. The molecule has 0 aliphatic heterocycles. The van der Waals surface area contributed by atoms with Crippen molar-refractivity contribution in [3.8, 4) is 0 Å². The number of hydrogen-bond donors (Lipinski definition) is 0. The zero-order chi connectivity index (χ0) is 12.5. The van der Waals surface area contributed by atoms with E-state index < -0.39 is 9.96 Å². The summed E-state index contributed by atoms with van der Waals surface area (Å²) in [7, 11) is 1.04. The average molecular weight is 228 g/mol. The molecular formula is C7H8N4O5. The van der Waals surface area contributed by atoms with Crippen molar-refractivity contribution in [3.63, 3.8) is 0 Å². The van der Waals surface area contributed by atoms with E-state index in [1.165, 1.54) is 6.92 Å². The zero-order valence-electron chi connectivity index (χ0n) is 8.48. The second kappa shape index (κ2) is 3.96. The fourth-order valence-corrected chi connectivity index (χ4v) is 1.27. The molecule has 1 heterocycles. The molecule has 0 aromatic carbocycles. The van der Waals surface area contributed by atoms with E-state index in [-0.39, 0.29) is 21.8 Å². The Morgan fingerprint density at radius 1 is 1.38 bits per heavy atom. The van der Waals surface area contributed by atoms with Gasteiger partial charge in [-0.25, -0.2) is 14.8 Å². The summed E-state index contributed by atoms with van der Waals surface area (Å²) in [6, 6.07) is 1.000. The molecule has 0 atom stereocenters. The number of pyridine rings is 1. The Kier molecular flexibility index (Phi) is 2.88. The van der Waals surface area contributed by atoms with Gasteiger partial charge < -0.3 is 5.21 Å². The van der Waals surface area contributed by atoms with Crippen LogP contribution >= 0.6 is 0 Å². The largest absolute Gasteiger partial charge is 0.710 e. The van der Waals surface area contributed by atoms with Crippen molar-refractivity contribution in [3.05, 3.63) is 43.3 Å². The number of anilines is 1. The first-order valence-corrected chi connectivity index (χ1v) is 4.11. The minimum Gasteiger partial charge on any atom is -0.710 e. The molecule has 0 saturated heterocycles. The molecule has 0 unspecified atom stereocenters. The predicted molar refractivity (Wildman–Crippen MR) is 52.2 cm³/mol. The van der Waals surface area contributed by atoms with Crippen molar-refractivity contribution < 1.29 is 14.7 Å². The highest BCUT2D eigenvalue weighted by molar-refractivity contribution is 5.50. The quantitative estimate of drug-likeness (QED) is 0.315. The summed E-state index contributed by atoms with van der Waals surface area (Å²) in [4.78, 5) is 20.4. The van der Waals surface area contributed by atoms with Crippen LogP contribution in [0.2, 0.25) is 0 Å². The zero-order valence-corrected chi connectivity index (χ0v) is 8.48. The second-order valence-corrected chi connectivity index (χ2v) is 2.99. The van der Waals surface area contributed by atoms with Crippen LogP contribution in [0.15, 0.2) is 12.3 Å². The molecule has 9 heteroatoms. The fraction of sp³-hybridized carbons (Fsp3) is 0.286. The third-order valence-corrected chi connectivity index (χ3v) is 2.04. The summed E-state index contributed by atoms with van der Waals surface area (Å²) in [5, 5.41) is 32.0. The van der Waals surface area contributed by atoms with Crippen molar-refractivity contribution in [2.75, 3.05) is 12.1 Å². The van der Waals surface area contributed by atoms with Gasteiger partial charge in [-0.2, -0.15) is 0 Å². The fourth-order valence-electron chi connectivity index (χ4n) is 1.27. The van der Waals surface area contributed by atoms with E-state index in [0.717, 1.165) is 19.3 Å². The summed E-state index contributed by atoms with van der Waals surface area (Å²) < 4.78 is 0.213. The van der Waals surface area contributed by atoms with Crippen LogP contribution in [0.4, 0.5) is 11.5 Å². The Hall–Kier alpha value is -2.45. The smallest absolute Gasteiger partial charge is 0.354 e. The first kappa shape index (κ1) is 11.6. The van der Waals surface area contributed by atoms with Crippen molar-refractivity contribution in [2.24, 2.45) is 0 Å². The highest BCUT2D eigenvalue weighted by atomic mass is 16.7. The first-order chi connectivity index (χ1) is 7.36. The summed E-state index contributed by atoms with van der Waals surface area (Å²) in [6.45, 7) is 1.28. The van der Waals surface area contributed by atoms with Crippen LogP contribution in [0.1, 0.15) is 5.56 Å². The third-order valence-electron chi connectivity index (χ3n) is 2.04. The van der Waals surface area contributed by atoms with Crippen molar-refractivity contribution in [2.45, 2.75) is 6.92 Å². The van der Waals surface area contributed by atoms with Crippen molar-refractivity contribution in [1.29, 1.82) is 0 Å². The second-order valence-electron chi connectivity index (χ2n) is 2.99. The maximum Gasteiger partial charge on any atom is 0.354 e. The van der Waals surface area contributed by atoms with Gasteiger partial charge in [-0.05, 0) is 6.92 Å². The maximum absolute atomic E-state index is 11.3. The van der Waals surface area contributed by atoms with Gasteiger partial charge in [0.25, 0.3) is 5.69 Å². The Morgan fingerprint density at radius 2 is 1.94 bits per heavy atom. The van der Waals surface area contributed by atoms with E-state index in [9.17, 15) is 25.4 Å². The topological polar surface area (TPSA) is 116 Å². The molecule has 0 fully saturated rings. The van der Waals surface area contributed by atoms with E-state index in [4.69, 9.17) is 0 Å². The SMILES string of the molecule is Cc1c([N+](=O)[O-])cc[n+]([O-])c1N(C)[N+](=O)[O-]. The molecular weight excluding hydrogens is 220 g/mol. The third kappa shape index (κ3) is 1.82. The number of hydrazine groups is 1. The lowest BCUT2D eigenvalue weighted by atomic mass is 10.2. The normalized spacial score (nSPS) is 9.88. The Bertz CT molecular complexity index is 460. The lowest BCUT2D eigenvalue weighted by molar-refractivity contribution is -0.613. The molecule has 16 heavy (non-hydrogen) atoms. The number of nitrogens with zero attached hydrogens (tertiary/aromatic N) is 4. The van der Waals surface area contributed by atoms with Crippen LogP contribution in [0.3, 0.4) is 0 Å². The summed E-state index contributed by atoms with van der Waals surface area (Å²) >= 11 is 0. The Labute approximate surface area is 89.4 Å². The number of rotatable bonds is 3. The molecule has 0 amide bonds. The van der Waals surface area contributed by atoms with E-state index in [2.05, 4.69) is 0 Å². The minimum atomic E-state index is -0.833. The molecule has 0 N–H and O–H groups in total. The van der Waals surface area contributed by atoms with E-state index >= 15 is 0 Å². The molecule has 0 aliphatic carbocycles. The number of aromatic nitrogens is 1. The van der Waals surface area contributed by atoms with E-state index in [0.29, 0.717) is 5.01 Å². The summed E-state index contributed by atoms with van der Waals surface area (Å²) in [5.41, 5.74) is -0.391. The van der Waals surface area contributed by atoms with Crippen LogP contribution < -0.4 is 9.74 Å². The summed E-state index contributed by atoms with van der Waals surface area (Å²) in [5.74, 6) is -0.376. The van der Waals surface area contributed by atoms with Crippen LogP contribution in [0.25, 0.3) is 0 Å². The molecule has 0 radical (unpaired) electrons. The van der Waals surface area contributed by atoms with Gasteiger partial charge in [0, 0.05) is 5.01 Å². The van der Waals surface area contributed by atoms with Gasteiger partial charge in [-0.1, -0.05) is 0 Å². The highest BCUT2D eigenvalue weighted by Crippen LogP contribution is 2.23. The van der Waals surface area contributed by atoms with Crippen LogP contribution in [-0.2, 0) is 0 Å². The lowest BCUT2D eigenvalue weighted by Gasteiger charge is -2.10. The average Bonchev–Trinajstić information content (AvgIpc) is 2.16. The molecule has 0 spiro atoms. The first-order valence-electron chi connectivity index (χ1n) is 4.11. The van der Waals surface area contributed by atoms with Gasteiger partial charge in [0.15, 0.2) is 0 Å². The molecule has 1 rings (SSSR count). The predicted octanol–water partition coefficient (Wildman–Crippen LogP) is 0.165. The Morgan fingerprint density at radius 3 is 2.38 bits per heavy atom. The highest BCUT2D eigenvalue weighted by Gasteiger charge is 2.30. The van der Waals surface area contributed by atoms with Gasteiger partial charge in [-0.15, -0.1) is 0 Å². The molecule has 0 aliphatic rings. The van der Waals surface area contributed by atoms with Crippen molar-refractivity contribution in [1.82, 2.24) is 0 Å². The maximum atomic E-state index is 11.3. The summed E-state index contributed by atoms with van der Waals surface area (Å²) in [6.07, 6.45) is 0.862. The molecule has 0 bridgehead atoms. The minimum absolute atomic E-state index is 0.0540. The molecule has 9 nitrogen and oxygen atoms in total. The van der Waals surface area contributed by atoms with E-state index in [1.54, 1.807) is 0 Å². The lowest BCUT2D eigenvalue weighted by Crippen LogP contribution is -2.39. The van der Waals surface area contributed by atoms with Gasteiger partial charge in [-0.3, -0.25) is 10.1 Å².